The minimum absolute atomic E-state index is 0.114. The first kappa shape index (κ1) is 18.5. The van der Waals surface area contributed by atoms with Crippen molar-refractivity contribution in [1.82, 2.24) is 4.98 Å². The second-order valence-electron chi connectivity index (χ2n) is 6.33. The Balaban J connectivity index is 1.47. The number of benzene rings is 2. The highest BCUT2D eigenvalue weighted by atomic mass is 35.5. The quantitative estimate of drug-likeness (QED) is 0.697. The number of hydrogen-bond donors (Lipinski definition) is 1. The van der Waals surface area contributed by atoms with Crippen LogP contribution in [0.2, 0.25) is 5.02 Å². The van der Waals surface area contributed by atoms with E-state index in [4.69, 9.17) is 16.3 Å². The number of carbonyl (C=O) groups excluding carboxylic acids is 2. The number of amides is 2. The lowest BCUT2D eigenvalue weighted by atomic mass is 10.1. The van der Waals surface area contributed by atoms with Crippen molar-refractivity contribution >= 4 is 45.6 Å². The molecule has 28 heavy (non-hydrogen) atoms. The summed E-state index contributed by atoms with van der Waals surface area (Å²) in [6.45, 7) is 1.76. The fourth-order valence-electron chi connectivity index (χ4n) is 2.84. The average molecular weight is 414 g/mol. The van der Waals surface area contributed by atoms with Gasteiger partial charge in [-0.1, -0.05) is 41.4 Å². The van der Waals surface area contributed by atoms with Crippen LogP contribution in [0.1, 0.15) is 5.56 Å². The SMILES string of the molecule is Cc1ccc(-c2csc(NC(=O)CN3C(=O)COc4ccc(Cl)cc43)n2)cc1. The summed E-state index contributed by atoms with van der Waals surface area (Å²) in [6, 6.07) is 13.0. The smallest absolute Gasteiger partial charge is 0.265 e. The molecule has 3 aromatic rings. The van der Waals surface area contributed by atoms with Gasteiger partial charge in [0.2, 0.25) is 5.91 Å². The maximum absolute atomic E-state index is 12.5. The van der Waals surface area contributed by atoms with E-state index in [0.29, 0.717) is 21.6 Å². The molecule has 2 heterocycles. The fourth-order valence-corrected chi connectivity index (χ4v) is 3.74. The second kappa shape index (κ2) is 7.61. The summed E-state index contributed by atoms with van der Waals surface area (Å²) >= 11 is 7.36. The van der Waals surface area contributed by atoms with E-state index in [0.717, 1.165) is 11.3 Å². The molecule has 0 atom stereocenters. The lowest BCUT2D eigenvalue weighted by Crippen LogP contribution is -2.43. The number of fused-ring (bicyclic) bond motifs is 1. The van der Waals surface area contributed by atoms with Crippen LogP contribution in [0.25, 0.3) is 11.3 Å². The molecule has 0 bridgehead atoms. The molecule has 2 aromatic carbocycles. The van der Waals surface area contributed by atoms with Crippen LogP contribution < -0.4 is 15.0 Å². The third-order valence-corrected chi connectivity index (χ3v) is 5.26. The number of aryl methyl sites for hydroxylation is 1. The van der Waals surface area contributed by atoms with Crippen LogP contribution in [0.15, 0.2) is 47.8 Å². The number of nitrogens with zero attached hydrogens (tertiary/aromatic N) is 2. The van der Waals surface area contributed by atoms with E-state index in [2.05, 4.69) is 10.3 Å². The number of carbonyl (C=O) groups is 2. The highest BCUT2D eigenvalue weighted by Gasteiger charge is 2.27. The molecule has 0 fully saturated rings. The monoisotopic (exact) mass is 413 g/mol. The predicted octanol–water partition coefficient (Wildman–Crippen LogP) is 4.14. The van der Waals surface area contributed by atoms with Gasteiger partial charge in [-0.2, -0.15) is 0 Å². The van der Waals surface area contributed by atoms with Gasteiger partial charge in [0.1, 0.15) is 12.3 Å². The zero-order valence-corrected chi connectivity index (χ0v) is 16.5. The third-order valence-electron chi connectivity index (χ3n) is 4.26. The number of anilines is 2. The Labute approximate surface area is 170 Å². The van der Waals surface area contributed by atoms with Gasteiger partial charge in [-0.05, 0) is 25.1 Å². The number of halogens is 1. The normalized spacial score (nSPS) is 13.1. The summed E-state index contributed by atoms with van der Waals surface area (Å²) in [5.41, 5.74) is 3.43. The Morgan fingerprint density at radius 3 is 2.86 bits per heavy atom. The average Bonchev–Trinajstić information content (AvgIpc) is 3.13. The van der Waals surface area contributed by atoms with Gasteiger partial charge in [-0.25, -0.2) is 4.98 Å². The van der Waals surface area contributed by atoms with Crippen molar-refractivity contribution in [1.29, 1.82) is 0 Å². The molecule has 0 unspecified atom stereocenters. The van der Waals surface area contributed by atoms with Gasteiger partial charge < -0.3 is 10.1 Å². The van der Waals surface area contributed by atoms with Gasteiger partial charge in [0.15, 0.2) is 11.7 Å². The van der Waals surface area contributed by atoms with E-state index in [1.807, 2.05) is 36.6 Å². The first-order valence-electron chi connectivity index (χ1n) is 8.55. The van der Waals surface area contributed by atoms with Gasteiger partial charge in [0, 0.05) is 16.0 Å². The van der Waals surface area contributed by atoms with Crippen LogP contribution in [0, 0.1) is 6.92 Å². The summed E-state index contributed by atoms with van der Waals surface area (Å²) in [5.74, 6) is -0.122. The molecular formula is C20H16ClN3O3S. The van der Waals surface area contributed by atoms with Crippen LogP contribution in [0.4, 0.5) is 10.8 Å². The molecule has 1 N–H and O–H groups in total. The zero-order valence-electron chi connectivity index (χ0n) is 14.9. The molecular weight excluding hydrogens is 398 g/mol. The predicted molar refractivity (Wildman–Crippen MR) is 110 cm³/mol. The number of thiazole rings is 1. The van der Waals surface area contributed by atoms with Crippen LogP contribution in [0.5, 0.6) is 5.75 Å². The molecule has 0 spiro atoms. The lowest BCUT2D eigenvalue weighted by Gasteiger charge is -2.28. The molecule has 1 aromatic heterocycles. The molecule has 0 saturated heterocycles. The topological polar surface area (TPSA) is 71.5 Å². The van der Waals surface area contributed by atoms with Crippen LogP contribution in [-0.4, -0.2) is 29.9 Å². The van der Waals surface area contributed by atoms with Crippen LogP contribution in [-0.2, 0) is 9.59 Å². The van der Waals surface area contributed by atoms with Crippen molar-refractivity contribution in [3.05, 3.63) is 58.4 Å². The molecule has 142 valence electrons. The number of rotatable bonds is 4. The summed E-state index contributed by atoms with van der Waals surface area (Å²) in [5, 5.41) is 5.58. The number of ether oxygens (including phenoxy) is 1. The maximum atomic E-state index is 12.5. The van der Waals surface area contributed by atoms with Crippen molar-refractivity contribution in [2.75, 3.05) is 23.4 Å². The highest BCUT2D eigenvalue weighted by Crippen LogP contribution is 2.34. The Morgan fingerprint density at radius 1 is 1.29 bits per heavy atom. The van der Waals surface area contributed by atoms with Crippen molar-refractivity contribution in [2.45, 2.75) is 6.92 Å². The van der Waals surface area contributed by atoms with E-state index < -0.39 is 0 Å². The summed E-state index contributed by atoms with van der Waals surface area (Å²) in [4.78, 5) is 30.6. The van der Waals surface area contributed by atoms with E-state index in [1.165, 1.54) is 21.8 Å². The minimum Gasteiger partial charge on any atom is -0.482 e. The minimum atomic E-state index is -0.342. The zero-order chi connectivity index (χ0) is 19.7. The van der Waals surface area contributed by atoms with E-state index in [-0.39, 0.29) is 25.0 Å². The maximum Gasteiger partial charge on any atom is 0.265 e. The molecule has 1 aliphatic heterocycles. The number of aromatic nitrogens is 1. The van der Waals surface area contributed by atoms with Crippen molar-refractivity contribution < 1.29 is 14.3 Å². The lowest BCUT2D eigenvalue weighted by molar-refractivity contribution is -0.123. The molecule has 1 aliphatic rings. The van der Waals surface area contributed by atoms with Gasteiger partial charge in [-0.3, -0.25) is 14.5 Å². The van der Waals surface area contributed by atoms with Gasteiger partial charge in [-0.15, -0.1) is 11.3 Å². The van der Waals surface area contributed by atoms with Gasteiger partial charge in [0.05, 0.1) is 11.4 Å². The molecule has 0 radical (unpaired) electrons. The molecule has 0 aliphatic carbocycles. The highest BCUT2D eigenvalue weighted by molar-refractivity contribution is 7.14. The van der Waals surface area contributed by atoms with Crippen molar-refractivity contribution in [3.8, 4) is 17.0 Å². The van der Waals surface area contributed by atoms with Crippen molar-refractivity contribution in [3.63, 3.8) is 0 Å². The summed E-state index contributed by atoms with van der Waals surface area (Å²) in [6.07, 6.45) is 0. The standard InChI is InChI=1S/C20H16ClN3O3S/c1-12-2-4-13(5-3-12)15-11-28-20(22-15)23-18(25)9-24-16-8-14(21)6-7-17(16)27-10-19(24)26/h2-8,11H,9-10H2,1H3,(H,22,23,25). The fraction of sp³-hybridized carbons (Fsp3) is 0.150. The van der Waals surface area contributed by atoms with E-state index in [9.17, 15) is 9.59 Å². The Hall–Kier alpha value is -2.90. The molecule has 6 nitrogen and oxygen atoms in total. The summed E-state index contributed by atoms with van der Waals surface area (Å²) in [7, 11) is 0. The number of nitrogens with one attached hydrogen (secondary N) is 1. The largest absolute Gasteiger partial charge is 0.482 e. The molecule has 8 heteroatoms. The first-order valence-corrected chi connectivity index (χ1v) is 9.80. The van der Waals surface area contributed by atoms with Crippen LogP contribution in [0.3, 0.4) is 0 Å². The Morgan fingerprint density at radius 2 is 2.07 bits per heavy atom. The van der Waals surface area contributed by atoms with E-state index >= 15 is 0 Å². The third kappa shape index (κ3) is 3.85. The Bertz CT molecular complexity index is 1050. The first-order chi connectivity index (χ1) is 13.5. The molecule has 2 amide bonds. The summed E-state index contributed by atoms with van der Waals surface area (Å²) < 4.78 is 5.39. The second-order valence-corrected chi connectivity index (χ2v) is 7.63. The Kier molecular flexibility index (Phi) is 5.02. The van der Waals surface area contributed by atoms with Gasteiger partial charge >= 0.3 is 0 Å². The van der Waals surface area contributed by atoms with Crippen LogP contribution >= 0.6 is 22.9 Å². The van der Waals surface area contributed by atoms with Gasteiger partial charge in [0.25, 0.3) is 5.91 Å². The molecule has 4 rings (SSSR count). The van der Waals surface area contributed by atoms with Crippen molar-refractivity contribution in [2.24, 2.45) is 0 Å². The number of hydrogen-bond acceptors (Lipinski definition) is 5. The molecule has 0 saturated carbocycles. The van der Waals surface area contributed by atoms with E-state index in [1.54, 1.807) is 18.2 Å².